The molecule has 1 rings (SSSR count). The number of phenolic OH excluding ortho intramolecular Hbond substituents is 1. The predicted molar refractivity (Wildman–Crippen MR) is 66.7 cm³/mol. The van der Waals surface area contributed by atoms with E-state index in [1.54, 1.807) is 12.1 Å². The second-order valence-corrected chi connectivity index (χ2v) is 3.86. The average Bonchev–Trinajstić information content (AvgIpc) is 2.36. The summed E-state index contributed by atoms with van der Waals surface area (Å²) in [4.78, 5) is 10.9. The summed E-state index contributed by atoms with van der Waals surface area (Å²) in [5.74, 6) is 0.432. The van der Waals surface area contributed by atoms with Crippen molar-refractivity contribution in [3.8, 4) is 11.5 Å². The van der Waals surface area contributed by atoms with Gasteiger partial charge >= 0.3 is 0 Å². The minimum Gasteiger partial charge on any atom is -0.504 e. The summed E-state index contributed by atoms with van der Waals surface area (Å²) in [7, 11) is 1.51. The number of aromatic hydroxyl groups is 1. The van der Waals surface area contributed by atoms with Crippen LogP contribution in [0.15, 0.2) is 18.2 Å². The molecule has 17 heavy (non-hydrogen) atoms. The quantitative estimate of drug-likeness (QED) is 0.602. The molecule has 0 aliphatic carbocycles. The number of halogens is 1. The van der Waals surface area contributed by atoms with Crippen LogP contribution >= 0.6 is 11.6 Å². The Morgan fingerprint density at radius 2 is 2.29 bits per heavy atom. The van der Waals surface area contributed by atoms with Gasteiger partial charge in [0, 0.05) is 6.54 Å². The maximum Gasteiger partial charge on any atom is 0.234 e. The summed E-state index contributed by atoms with van der Waals surface area (Å²) < 4.78 is 5.01. The van der Waals surface area contributed by atoms with E-state index in [1.807, 2.05) is 6.07 Å². The molecule has 0 saturated carbocycles. The fourth-order valence-corrected chi connectivity index (χ4v) is 1.54. The van der Waals surface area contributed by atoms with Crippen LogP contribution in [0.5, 0.6) is 11.5 Å². The number of aryl methyl sites for hydroxylation is 1. The van der Waals surface area contributed by atoms with Crippen LogP contribution in [0.3, 0.4) is 0 Å². The molecule has 2 N–H and O–H groups in total. The number of methoxy groups -OCH3 is 1. The SMILES string of the molecule is COc1cc(CCCNC(=O)CCl)ccc1O. The number of carbonyl (C=O) groups excluding carboxylic acids is 1. The highest BCUT2D eigenvalue weighted by Crippen LogP contribution is 2.26. The maximum atomic E-state index is 10.9. The second kappa shape index (κ2) is 7.01. The minimum atomic E-state index is -0.157. The van der Waals surface area contributed by atoms with Gasteiger partial charge in [0.1, 0.15) is 5.88 Å². The lowest BCUT2D eigenvalue weighted by atomic mass is 10.1. The topological polar surface area (TPSA) is 58.6 Å². The monoisotopic (exact) mass is 257 g/mol. The number of hydrogen-bond acceptors (Lipinski definition) is 3. The number of alkyl halides is 1. The van der Waals surface area contributed by atoms with Gasteiger partial charge in [0.25, 0.3) is 0 Å². The lowest BCUT2D eigenvalue weighted by Gasteiger charge is -2.07. The Morgan fingerprint density at radius 3 is 2.94 bits per heavy atom. The first kappa shape index (κ1) is 13.6. The van der Waals surface area contributed by atoms with E-state index in [1.165, 1.54) is 7.11 Å². The van der Waals surface area contributed by atoms with Gasteiger partial charge in [-0.25, -0.2) is 0 Å². The zero-order valence-electron chi connectivity index (χ0n) is 9.70. The van der Waals surface area contributed by atoms with Crippen LogP contribution in [0.4, 0.5) is 0 Å². The summed E-state index contributed by atoms with van der Waals surface area (Å²) in [5, 5.41) is 12.1. The van der Waals surface area contributed by atoms with Crippen molar-refractivity contribution >= 4 is 17.5 Å². The van der Waals surface area contributed by atoms with Gasteiger partial charge in [-0.2, -0.15) is 0 Å². The smallest absolute Gasteiger partial charge is 0.234 e. The molecule has 0 bridgehead atoms. The molecular formula is C12H16ClNO3. The van der Waals surface area contributed by atoms with E-state index >= 15 is 0 Å². The molecule has 0 radical (unpaired) electrons. The summed E-state index contributed by atoms with van der Waals surface area (Å²) in [6, 6.07) is 5.23. The number of benzene rings is 1. The van der Waals surface area contributed by atoms with Gasteiger partial charge in [-0.1, -0.05) is 6.07 Å². The van der Waals surface area contributed by atoms with Crippen molar-refractivity contribution < 1.29 is 14.6 Å². The Labute approximate surface area is 106 Å². The van der Waals surface area contributed by atoms with E-state index in [-0.39, 0.29) is 17.5 Å². The van der Waals surface area contributed by atoms with Crippen LogP contribution in [0.25, 0.3) is 0 Å². The van der Waals surface area contributed by atoms with Crippen molar-refractivity contribution in [2.24, 2.45) is 0 Å². The summed E-state index contributed by atoms with van der Waals surface area (Å²) in [6.07, 6.45) is 1.62. The molecule has 0 fully saturated rings. The second-order valence-electron chi connectivity index (χ2n) is 3.59. The number of ether oxygens (including phenoxy) is 1. The molecule has 5 heteroatoms. The average molecular weight is 258 g/mol. The molecule has 4 nitrogen and oxygen atoms in total. The highest BCUT2D eigenvalue weighted by atomic mass is 35.5. The number of amides is 1. The van der Waals surface area contributed by atoms with Gasteiger partial charge in [0.15, 0.2) is 11.5 Å². The molecule has 1 amide bonds. The van der Waals surface area contributed by atoms with Crippen molar-refractivity contribution in [3.63, 3.8) is 0 Å². The van der Waals surface area contributed by atoms with E-state index in [0.717, 1.165) is 18.4 Å². The lowest BCUT2D eigenvalue weighted by molar-refractivity contribution is -0.118. The first-order valence-electron chi connectivity index (χ1n) is 5.36. The summed E-state index contributed by atoms with van der Waals surface area (Å²) in [6.45, 7) is 0.592. The van der Waals surface area contributed by atoms with E-state index < -0.39 is 0 Å². The van der Waals surface area contributed by atoms with Crippen molar-refractivity contribution in [1.82, 2.24) is 5.32 Å². The third-order valence-electron chi connectivity index (χ3n) is 2.33. The minimum absolute atomic E-state index is 0.00691. The van der Waals surface area contributed by atoms with Crippen molar-refractivity contribution in [2.45, 2.75) is 12.8 Å². The van der Waals surface area contributed by atoms with Gasteiger partial charge in [-0.3, -0.25) is 4.79 Å². The lowest BCUT2D eigenvalue weighted by Crippen LogP contribution is -2.25. The Kier molecular flexibility index (Phi) is 5.63. The van der Waals surface area contributed by atoms with Crippen molar-refractivity contribution in [3.05, 3.63) is 23.8 Å². The first-order valence-corrected chi connectivity index (χ1v) is 5.89. The van der Waals surface area contributed by atoms with Crippen LogP contribution < -0.4 is 10.1 Å². The van der Waals surface area contributed by atoms with E-state index in [2.05, 4.69) is 5.32 Å². The fraction of sp³-hybridized carbons (Fsp3) is 0.417. The zero-order chi connectivity index (χ0) is 12.7. The number of hydrogen-bond donors (Lipinski definition) is 2. The summed E-state index contributed by atoms with van der Waals surface area (Å²) in [5.41, 5.74) is 1.06. The Bertz CT molecular complexity index is 382. The third kappa shape index (κ3) is 4.53. The number of phenols is 1. The van der Waals surface area contributed by atoms with Crippen LogP contribution in [0, 0.1) is 0 Å². The third-order valence-corrected chi connectivity index (χ3v) is 2.57. The van der Waals surface area contributed by atoms with Crippen LogP contribution in [0.1, 0.15) is 12.0 Å². The first-order chi connectivity index (χ1) is 8.17. The van der Waals surface area contributed by atoms with Gasteiger partial charge in [-0.05, 0) is 30.5 Å². The number of carbonyl (C=O) groups is 1. The molecule has 0 aliphatic heterocycles. The predicted octanol–water partition coefficient (Wildman–Crippen LogP) is 1.69. The van der Waals surface area contributed by atoms with E-state index in [0.29, 0.717) is 12.3 Å². The molecule has 94 valence electrons. The Hall–Kier alpha value is -1.42. The van der Waals surface area contributed by atoms with E-state index in [4.69, 9.17) is 16.3 Å². The van der Waals surface area contributed by atoms with Gasteiger partial charge in [0.2, 0.25) is 5.91 Å². The molecule has 0 atom stereocenters. The molecule has 0 unspecified atom stereocenters. The molecule has 0 spiro atoms. The van der Waals surface area contributed by atoms with Gasteiger partial charge in [0.05, 0.1) is 7.11 Å². The zero-order valence-corrected chi connectivity index (χ0v) is 10.5. The molecule has 1 aromatic rings. The van der Waals surface area contributed by atoms with Crippen molar-refractivity contribution in [2.75, 3.05) is 19.5 Å². The maximum absolute atomic E-state index is 10.9. The van der Waals surface area contributed by atoms with Crippen LogP contribution in [-0.2, 0) is 11.2 Å². The highest BCUT2D eigenvalue weighted by molar-refractivity contribution is 6.27. The molecule has 0 aromatic heterocycles. The van der Waals surface area contributed by atoms with Gasteiger partial charge in [-0.15, -0.1) is 11.6 Å². The van der Waals surface area contributed by atoms with Crippen LogP contribution in [-0.4, -0.2) is 30.5 Å². The molecule has 0 heterocycles. The summed E-state index contributed by atoms with van der Waals surface area (Å²) >= 11 is 5.35. The molecule has 0 aliphatic rings. The van der Waals surface area contributed by atoms with E-state index in [9.17, 15) is 9.90 Å². The largest absolute Gasteiger partial charge is 0.504 e. The standard InChI is InChI=1S/C12H16ClNO3/c1-17-11-7-9(4-5-10(11)15)3-2-6-14-12(16)8-13/h4-5,7,15H,2-3,6,8H2,1H3,(H,14,16). The fourth-order valence-electron chi connectivity index (χ4n) is 1.45. The number of rotatable bonds is 6. The molecule has 1 aromatic carbocycles. The molecular weight excluding hydrogens is 242 g/mol. The molecule has 0 saturated heterocycles. The normalized spacial score (nSPS) is 10.0. The highest BCUT2D eigenvalue weighted by Gasteiger charge is 2.03. The van der Waals surface area contributed by atoms with Crippen LogP contribution in [0.2, 0.25) is 0 Å². The van der Waals surface area contributed by atoms with Crippen molar-refractivity contribution in [1.29, 1.82) is 0 Å². The van der Waals surface area contributed by atoms with Gasteiger partial charge < -0.3 is 15.2 Å². The Morgan fingerprint density at radius 1 is 1.53 bits per heavy atom. The Balaban J connectivity index is 2.39. The number of nitrogens with one attached hydrogen (secondary N) is 1.